The molecular weight excluding hydrogens is 471 g/mol. The average molecular weight is 491 g/mol. The van der Waals surface area contributed by atoms with Crippen molar-refractivity contribution >= 4 is 44.9 Å². The van der Waals surface area contributed by atoms with Crippen LogP contribution >= 0.6 is 23.1 Å². The molecule has 0 unspecified atom stereocenters. The second kappa shape index (κ2) is 9.41. The van der Waals surface area contributed by atoms with E-state index in [-0.39, 0.29) is 28.1 Å². The summed E-state index contributed by atoms with van der Waals surface area (Å²) in [5.74, 6) is -0.886. The summed E-state index contributed by atoms with van der Waals surface area (Å²) in [5.41, 5.74) is 1.78. The maximum atomic E-state index is 14.8. The summed E-state index contributed by atoms with van der Waals surface area (Å²) in [4.78, 5) is 32.8. The van der Waals surface area contributed by atoms with Gasteiger partial charge in [-0.2, -0.15) is 5.26 Å². The lowest BCUT2D eigenvalue weighted by molar-refractivity contribution is -0.113. The molecule has 0 spiro atoms. The van der Waals surface area contributed by atoms with E-state index in [0.717, 1.165) is 43.0 Å². The zero-order valence-electron chi connectivity index (χ0n) is 18.0. The summed E-state index contributed by atoms with van der Waals surface area (Å²) in [5, 5.41) is 12.6. The third-order valence-electron chi connectivity index (χ3n) is 5.66. The maximum absolute atomic E-state index is 14.8. The first-order chi connectivity index (χ1) is 16.5. The molecule has 2 heterocycles. The second-order valence-electron chi connectivity index (χ2n) is 7.91. The van der Waals surface area contributed by atoms with Crippen molar-refractivity contribution in [1.29, 1.82) is 5.26 Å². The molecule has 1 aliphatic rings. The van der Waals surface area contributed by atoms with Crippen LogP contribution in [0.4, 0.5) is 10.1 Å². The third kappa shape index (κ3) is 4.22. The van der Waals surface area contributed by atoms with Gasteiger partial charge in [-0.25, -0.2) is 9.37 Å². The Morgan fingerprint density at radius 1 is 1.21 bits per heavy atom. The lowest BCUT2D eigenvalue weighted by Crippen LogP contribution is -2.24. The molecule has 0 bridgehead atoms. The fraction of sp³-hybridized carbons (Fsp3) is 0.200. The van der Waals surface area contributed by atoms with Gasteiger partial charge >= 0.3 is 0 Å². The lowest BCUT2D eigenvalue weighted by Gasteiger charge is -2.14. The van der Waals surface area contributed by atoms with E-state index in [1.54, 1.807) is 42.5 Å². The maximum Gasteiger partial charge on any atom is 0.267 e. The summed E-state index contributed by atoms with van der Waals surface area (Å²) < 4.78 is 16.0. The van der Waals surface area contributed by atoms with Crippen molar-refractivity contribution in [2.45, 2.75) is 30.8 Å². The highest BCUT2D eigenvalue weighted by atomic mass is 32.2. The zero-order chi connectivity index (χ0) is 23.7. The smallest absolute Gasteiger partial charge is 0.267 e. The number of carbonyl (C=O) groups excluding carboxylic acids is 1. The Hall–Kier alpha value is -3.48. The number of para-hydroxylation sites is 1. The molecule has 5 rings (SSSR count). The summed E-state index contributed by atoms with van der Waals surface area (Å²) in [6.07, 6.45) is 3.83. The number of aromatic nitrogens is 2. The molecule has 0 radical (unpaired) electrons. The van der Waals surface area contributed by atoms with Crippen molar-refractivity contribution in [2.75, 3.05) is 11.1 Å². The predicted molar refractivity (Wildman–Crippen MR) is 132 cm³/mol. The first kappa shape index (κ1) is 22.3. The monoisotopic (exact) mass is 490 g/mol. The van der Waals surface area contributed by atoms with Gasteiger partial charge in [-0.15, -0.1) is 11.3 Å². The van der Waals surface area contributed by atoms with E-state index >= 15 is 0 Å². The molecule has 1 N–H and O–H groups in total. The predicted octanol–water partition coefficient (Wildman–Crippen LogP) is 5.07. The molecule has 4 aromatic rings. The molecular formula is C25H19FN4O2S2. The minimum absolute atomic E-state index is 0.0335. The summed E-state index contributed by atoms with van der Waals surface area (Å²) in [7, 11) is 0. The van der Waals surface area contributed by atoms with Crippen molar-refractivity contribution in [1.82, 2.24) is 9.55 Å². The molecule has 1 aliphatic carbocycles. The van der Waals surface area contributed by atoms with Crippen molar-refractivity contribution in [2.24, 2.45) is 0 Å². The van der Waals surface area contributed by atoms with Gasteiger partial charge < -0.3 is 5.32 Å². The topological polar surface area (TPSA) is 87.8 Å². The number of rotatable bonds is 5. The van der Waals surface area contributed by atoms with Gasteiger partial charge in [-0.3, -0.25) is 14.2 Å². The minimum Gasteiger partial charge on any atom is -0.325 e. The van der Waals surface area contributed by atoms with Gasteiger partial charge in [0.2, 0.25) is 5.91 Å². The number of nitrogens with zero attached hydrogens (tertiary/aromatic N) is 3. The van der Waals surface area contributed by atoms with Crippen molar-refractivity contribution < 1.29 is 9.18 Å². The standard InChI is InChI=1S/C25H19FN4O2S2/c26-18-9-2-3-10-19(18)30-24(32)22-17-8-1-4-11-20(17)34-23(22)29-25(30)33-14-21(31)28-16-7-5-6-15(12-16)13-27/h2-3,5-7,9-10,12H,1,4,8,11,14H2,(H,28,31). The highest BCUT2D eigenvalue weighted by molar-refractivity contribution is 7.99. The SMILES string of the molecule is N#Cc1cccc(NC(=O)CSc2nc3sc4c(c3c(=O)n2-c2ccccc2F)CCCC4)c1. The Kier molecular flexibility index (Phi) is 6.18. The van der Waals surface area contributed by atoms with Gasteiger partial charge in [-0.1, -0.05) is 30.0 Å². The molecule has 0 aliphatic heterocycles. The fourth-order valence-corrected chi connectivity index (χ4v) is 6.23. The van der Waals surface area contributed by atoms with E-state index in [4.69, 9.17) is 10.2 Å². The summed E-state index contributed by atoms with van der Waals surface area (Å²) >= 11 is 2.59. The normalized spacial score (nSPS) is 12.8. The number of hydrogen-bond donors (Lipinski definition) is 1. The number of nitriles is 1. The molecule has 34 heavy (non-hydrogen) atoms. The number of hydrogen-bond acceptors (Lipinski definition) is 6. The van der Waals surface area contributed by atoms with Crippen LogP contribution in [0.2, 0.25) is 0 Å². The van der Waals surface area contributed by atoms with Crippen LogP contribution in [-0.2, 0) is 17.6 Å². The number of thiophene rings is 1. The Labute approximate surface area is 203 Å². The molecule has 2 aromatic heterocycles. The van der Waals surface area contributed by atoms with E-state index in [9.17, 15) is 14.0 Å². The molecule has 0 fully saturated rings. The van der Waals surface area contributed by atoms with Crippen LogP contribution in [0.3, 0.4) is 0 Å². The molecule has 2 aromatic carbocycles. The molecule has 0 atom stereocenters. The second-order valence-corrected chi connectivity index (χ2v) is 9.93. The number of benzene rings is 2. The van der Waals surface area contributed by atoms with Crippen molar-refractivity contribution in [3.05, 3.63) is 80.7 Å². The number of amides is 1. The van der Waals surface area contributed by atoms with Crippen LogP contribution in [0.5, 0.6) is 0 Å². The quantitative estimate of drug-likeness (QED) is 0.312. The van der Waals surface area contributed by atoms with Crippen LogP contribution in [0.15, 0.2) is 58.5 Å². The van der Waals surface area contributed by atoms with E-state index in [1.807, 2.05) is 6.07 Å². The largest absolute Gasteiger partial charge is 0.325 e. The number of nitrogens with one attached hydrogen (secondary N) is 1. The molecule has 0 saturated heterocycles. The van der Waals surface area contributed by atoms with E-state index in [0.29, 0.717) is 21.5 Å². The number of carbonyl (C=O) groups is 1. The Bertz CT molecular complexity index is 1520. The molecule has 6 nitrogen and oxygen atoms in total. The molecule has 0 saturated carbocycles. The van der Waals surface area contributed by atoms with Crippen molar-refractivity contribution in [3.8, 4) is 11.8 Å². The summed E-state index contributed by atoms with van der Waals surface area (Å²) in [6.45, 7) is 0. The zero-order valence-corrected chi connectivity index (χ0v) is 19.6. The Morgan fingerprint density at radius 3 is 2.85 bits per heavy atom. The van der Waals surface area contributed by atoms with E-state index in [1.165, 1.54) is 26.8 Å². The number of aryl methyl sites for hydroxylation is 2. The minimum atomic E-state index is -0.533. The number of anilines is 1. The first-order valence-corrected chi connectivity index (χ1v) is 12.6. The van der Waals surface area contributed by atoms with Crippen LogP contribution in [-0.4, -0.2) is 21.2 Å². The highest BCUT2D eigenvalue weighted by Crippen LogP contribution is 2.35. The van der Waals surface area contributed by atoms with E-state index in [2.05, 4.69) is 5.32 Å². The van der Waals surface area contributed by atoms with Gasteiger partial charge in [0.1, 0.15) is 10.6 Å². The lowest BCUT2D eigenvalue weighted by atomic mass is 9.97. The van der Waals surface area contributed by atoms with Gasteiger partial charge in [0.05, 0.1) is 28.5 Å². The Balaban J connectivity index is 1.52. The van der Waals surface area contributed by atoms with Gasteiger partial charge in [0.15, 0.2) is 5.16 Å². The van der Waals surface area contributed by atoms with Crippen LogP contribution in [0, 0.1) is 17.1 Å². The first-order valence-electron chi connectivity index (χ1n) is 10.8. The number of fused-ring (bicyclic) bond motifs is 3. The number of thioether (sulfide) groups is 1. The van der Waals surface area contributed by atoms with Gasteiger partial charge in [0.25, 0.3) is 5.56 Å². The third-order valence-corrected chi connectivity index (χ3v) is 7.78. The van der Waals surface area contributed by atoms with Crippen LogP contribution in [0.25, 0.3) is 15.9 Å². The molecule has 1 amide bonds. The molecule has 9 heteroatoms. The Morgan fingerprint density at radius 2 is 2.03 bits per heavy atom. The van der Waals surface area contributed by atoms with E-state index < -0.39 is 5.82 Å². The fourth-order valence-electron chi connectivity index (χ4n) is 4.12. The van der Waals surface area contributed by atoms with Gasteiger partial charge in [-0.05, 0) is 61.6 Å². The van der Waals surface area contributed by atoms with Crippen LogP contribution in [0.1, 0.15) is 28.8 Å². The van der Waals surface area contributed by atoms with Crippen LogP contribution < -0.4 is 10.9 Å². The van der Waals surface area contributed by atoms with Gasteiger partial charge in [0, 0.05) is 10.6 Å². The number of halogens is 1. The highest BCUT2D eigenvalue weighted by Gasteiger charge is 2.24. The average Bonchev–Trinajstić information content (AvgIpc) is 3.22. The summed E-state index contributed by atoms with van der Waals surface area (Å²) in [6, 6.07) is 14.7. The van der Waals surface area contributed by atoms with Crippen molar-refractivity contribution in [3.63, 3.8) is 0 Å². The molecule has 170 valence electrons.